The molecule has 0 aliphatic carbocycles. The molecule has 1 aliphatic heterocycles. The lowest BCUT2D eigenvalue weighted by molar-refractivity contribution is 0.0600. The van der Waals surface area contributed by atoms with Crippen LogP contribution in [0.25, 0.3) is 11.3 Å². The molecule has 1 atom stereocenters. The Morgan fingerprint density at radius 3 is 2.78 bits per heavy atom. The fourth-order valence-electron chi connectivity index (χ4n) is 2.68. The van der Waals surface area contributed by atoms with Crippen LogP contribution in [0.1, 0.15) is 29.0 Å². The summed E-state index contributed by atoms with van der Waals surface area (Å²) in [5.41, 5.74) is 1.46. The molecule has 2 aromatic rings. The van der Waals surface area contributed by atoms with Gasteiger partial charge in [-0.1, -0.05) is 12.1 Å². The molecular formula is C18H21NO4. The summed E-state index contributed by atoms with van der Waals surface area (Å²) < 4.78 is 16.1. The zero-order valence-corrected chi connectivity index (χ0v) is 13.2. The van der Waals surface area contributed by atoms with Crippen molar-refractivity contribution in [3.05, 3.63) is 47.7 Å². The summed E-state index contributed by atoms with van der Waals surface area (Å²) in [6.07, 6.45) is 2.61. The monoisotopic (exact) mass is 315 g/mol. The normalized spacial score (nSPS) is 17.3. The fraction of sp³-hybridized carbons (Fsp3) is 0.389. The second kappa shape index (κ2) is 7.44. The van der Waals surface area contributed by atoms with E-state index in [0.29, 0.717) is 18.2 Å². The van der Waals surface area contributed by atoms with Gasteiger partial charge in [0.05, 0.1) is 25.3 Å². The number of carbonyl (C=O) groups is 1. The van der Waals surface area contributed by atoms with Gasteiger partial charge in [0.25, 0.3) is 0 Å². The first-order valence-corrected chi connectivity index (χ1v) is 7.86. The minimum Gasteiger partial charge on any atom is -0.465 e. The van der Waals surface area contributed by atoms with Gasteiger partial charge in [0, 0.05) is 18.7 Å². The number of furan rings is 1. The predicted octanol–water partition coefficient (Wildman–Crippen LogP) is 3.00. The molecular weight excluding hydrogens is 294 g/mol. The molecule has 5 nitrogen and oxygen atoms in total. The van der Waals surface area contributed by atoms with E-state index in [1.165, 1.54) is 7.11 Å². The van der Waals surface area contributed by atoms with Crippen LogP contribution < -0.4 is 5.32 Å². The summed E-state index contributed by atoms with van der Waals surface area (Å²) in [5, 5.41) is 3.36. The summed E-state index contributed by atoms with van der Waals surface area (Å²) in [7, 11) is 1.37. The molecule has 0 amide bonds. The molecule has 1 N–H and O–H groups in total. The lowest BCUT2D eigenvalue weighted by atomic mass is 10.1. The number of hydrogen-bond acceptors (Lipinski definition) is 5. The topological polar surface area (TPSA) is 60.7 Å². The van der Waals surface area contributed by atoms with Crippen LogP contribution in [0, 0.1) is 0 Å². The van der Waals surface area contributed by atoms with Crippen LogP contribution in [0.5, 0.6) is 0 Å². The predicted molar refractivity (Wildman–Crippen MR) is 86.2 cm³/mol. The molecule has 0 bridgehead atoms. The van der Waals surface area contributed by atoms with Crippen molar-refractivity contribution in [3.63, 3.8) is 0 Å². The van der Waals surface area contributed by atoms with Gasteiger partial charge in [-0.25, -0.2) is 4.79 Å². The number of carbonyl (C=O) groups excluding carboxylic acids is 1. The van der Waals surface area contributed by atoms with Crippen LogP contribution in [0.2, 0.25) is 0 Å². The molecule has 1 aromatic carbocycles. The number of esters is 1. The van der Waals surface area contributed by atoms with E-state index in [1.807, 2.05) is 24.3 Å². The number of benzene rings is 1. The van der Waals surface area contributed by atoms with E-state index in [0.717, 1.165) is 43.1 Å². The first-order valence-electron chi connectivity index (χ1n) is 7.86. The third-order valence-electron chi connectivity index (χ3n) is 3.95. The Kier molecular flexibility index (Phi) is 5.10. The van der Waals surface area contributed by atoms with Gasteiger partial charge in [-0.05, 0) is 37.1 Å². The van der Waals surface area contributed by atoms with Crippen molar-refractivity contribution in [1.29, 1.82) is 0 Å². The maximum absolute atomic E-state index is 11.4. The highest BCUT2D eigenvalue weighted by molar-refractivity contribution is 5.89. The van der Waals surface area contributed by atoms with Gasteiger partial charge in [-0.2, -0.15) is 0 Å². The van der Waals surface area contributed by atoms with E-state index in [4.69, 9.17) is 13.9 Å². The number of hydrogen-bond donors (Lipinski definition) is 1. The van der Waals surface area contributed by atoms with Crippen molar-refractivity contribution in [2.24, 2.45) is 0 Å². The standard InChI is InChI=1S/C18H21NO4/c1-21-18(20)14-6-4-13(5-7-14)17-9-8-16(23-17)12-19-11-15-3-2-10-22-15/h4-9,15,19H,2-3,10-12H2,1H3. The Labute approximate surface area is 135 Å². The largest absolute Gasteiger partial charge is 0.465 e. The molecule has 3 rings (SSSR count). The highest BCUT2D eigenvalue weighted by Crippen LogP contribution is 2.23. The van der Waals surface area contributed by atoms with Crippen LogP contribution in [-0.4, -0.2) is 32.3 Å². The van der Waals surface area contributed by atoms with Gasteiger partial charge in [0.15, 0.2) is 0 Å². The van der Waals surface area contributed by atoms with Crippen LogP contribution in [0.4, 0.5) is 0 Å². The van der Waals surface area contributed by atoms with E-state index in [2.05, 4.69) is 5.32 Å². The summed E-state index contributed by atoms with van der Waals surface area (Å²) >= 11 is 0. The quantitative estimate of drug-likeness (QED) is 0.830. The van der Waals surface area contributed by atoms with Gasteiger partial charge in [0.2, 0.25) is 0 Å². The Balaban J connectivity index is 1.56. The average Bonchev–Trinajstić information content (AvgIpc) is 3.26. The number of methoxy groups -OCH3 is 1. The summed E-state index contributed by atoms with van der Waals surface area (Å²) in [6.45, 7) is 2.41. The smallest absolute Gasteiger partial charge is 0.337 e. The average molecular weight is 315 g/mol. The van der Waals surface area contributed by atoms with Crippen LogP contribution in [-0.2, 0) is 16.0 Å². The number of ether oxygens (including phenoxy) is 2. The lowest BCUT2D eigenvalue weighted by Crippen LogP contribution is -2.25. The number of nitrogens with one attached hydrogen (secondary N) is 1. The molecule has 1 aliphatic rings. The first-order chi connectivity index (χ1) is 11.3. The molecule has 1 fully saturated rings. The zero-order chi connectivity index (χ0) is 16.1. The van der Waals surface area contributed by atoms with E-state index >= 15 is 0 Å². The Bertz CT molecular complexity index is 641. The molecule has 0 saturated carbocycles. The van der Waals surface area contributed by atoms with Gasteiger partial charge in [-0.3, -0.25) is 0 Å². The maximum atomic E-state index is 11.4. The molecule has 0 radical (unpaired) electrons. The van der Waals surface area contributed by atoms with E-state index in [9.17, 15) is 4.79 Å². The minimum absolute atomic E-state index is 0.329. The van der Waals surface area contributed by atoms with Crippen molar-refractivity contribution < 1.29 is 18.7 Å². The van der Waals surface area contributed by atoms with Crippen LogP contribution >= 0.6 is 0 Å². The van der Waals surface area contributed by atoms with Crippen molar-refractivity contribution in [2.75, 3.05) is 20.3 Å². The Morgan fingerprint density at radius 2 is 2.09 bits per heavy atom. The van der Waals surface area contributed by atoms with Crippen molar-refractivity contribution >= 4 is 5.97 Å². The van der Waals surface area contributed by atoms with Gasteiger partial charge < -0.3 is 19.2 Å². The molecule has 5 heteroatoms. The van der Waals surface area contributed by atoms with E-state index < -0.39 is 0 Å². The fourth-order valence-corrected chi connectivity index (χ4v) is 2.68. The highest BCUT2D eigenvalue weighted by Gasteiger charge is 2.15. The summed E-state index contributed by atoms with van der Waals surface area (Å²) in [5.74, 6) is 1.33. The molecule has 0 spiro atoms. The lowest BCUT2D eigenvalue weighted by Gasteiger charge is -2.09. The Hall–Kier alpha value is -2.11. The molecule has 1 aromatic heterocycles. The minimum atomic E-state index is -0.338. The number of rotatable bonds is 6. The third-order valence-corrected chi connectivity index (χ3v) is 3.95. The zero-order valence-electron chi connectivity index (χ0n) is 13.2. The Morgan fingerprint density at radius 1 is 1.26 bits per heavy atom. The maximum Gasteiger partial charge on any atom is 0.337 e. The second-order valence-corrected chi connectivity index (χ2v) is 5.60. The molecule has 122 valence electrons. The van der Waals surface area contributed by atoms with Gasteiger partial charge in [0.1, 0.15) is 11.5 Å². The molecule has 1 saturated heterocycles. The van der Waals surface area contributed by atoms with E-state index in [1.54, 1.807) is 12.1 Å². The van der Waals surface area contributed by atoms with Crippen molar-refractivity contribution in [1.82, 2.24) is 5.32 Å². The molecule has 23 heavy (non-hydrogen) atoms. The SMILES string of the molecule is COC(=O)c1ccc(-c2ccc(CNCC3CCCO3)o2)cc1. The molecule has 2 heterocycles. The second-order valence-electron chi connectivity index (χ2n) is 5.60. The van der Waals surface area contributed by atoms with Crippen LogP contribution in [0.3, 0.4) is 0 Å². The van der Waals surface area contributed by atoms with Crippen molar-refractivity contribution in [3.8, 4) is 11.3 Å². The summed E-state index contributed by atoms with van der Waals surface area (Å²) in [6, 6.07) is 11.1. The van der Waals surface area contributed by atoms with E-state index in [-0.39, 0.29) is 5.97 Å². The van der Waals surface area contributed by atoms with Crippen LogP contribution in [0.15, 0.2) is 40.8 Å². The van der Waals surface area contributed by atoms with Crippen molar-refractivity contribution in [2.45, 2.75) is 25.5 Å². The molecule has 1 unspecified atom stereocenters. The van der Waals surface area contributed by atoms with Gasteiger partial charge in [-0.15, -0.1) is 0 Å². The highest BCUT2D eigenvalue weighted by atomic mass is 16.5. The summed E-state index contributed by atoms with van der Waals surface area (Å²) in [4.78, 5) is 11.4. The van der Waals surface area contributed by atoms with Gasteiger partial charge >= 0.3 is 5.97 Å². The first kappa shape index (κ1) is 15.8. The third kappa shape index (κ3) is 4.00.